The molecule has 4 rings (SSSR count). The lowest BCUT2D eigenvalue weighted by Gasteiger charge is -2.32. The summed E-state index contributed by atoms with van der Waals surface area (Å²) in [5, 5.41) is 2.80. The van der Waals surface area contributed by atoms with E-state index in [-0.39, 0.29) is 35.8 Å². The third-order valence-electron chi connectivity index (χ3n) is 5.98. The fraction of sp³-hybridized carbons (Fsp3) is 0.417. The van der Waals surface area contributed by atoms with Crippen LogP contribution in [0.5, 0.6) is 0 Å². The molecule has 0 radical (unpaired) electrons. The van der Waals surface area contributed by atoms with Crippen molar-refractivity contribution < 1.29 is 23.1 Å². The number of hydrogen-bond acceptors (Lipinski definition) is 4. The second-order valence-electron chi connectivity index (χ2n) is 8.24. The largest absolute Gasteiger partial charge is 0.378 e. The highest BCUT2D eigenvalue weighted by Crippen LogP contribution is 2.25. The van der Waals surface area contributed by atoms with Gasteiger partial charge in [0.1, 0.15) is 11.6 Å². The summed E-state index contributed by atoms with van der Waals surface area (Å²) in [7, 11) is 0. The Bertz CT molecular complexity index is 961. The van der Waals surface area contributed by atoms with Gasteiger partial charge in [-0.2, -0.15) is 0 Å². The molecule has 6 nitrogen and oxygen atoms in total. The molecule has 1 N–H and O–H groups in total. The minimum absolute atomic E-state index is 0.0879. The van der Waals surface area contributed by atoms with Gasteiger partial charge in [0.25, 0.3) is 0 Å². The second-order valence-corrected chi connectivity index (χ2v) is 8.24. The molecule has 32 heavy (non-hydrogen) atoms. The Kier molecular flexibility index (Phi) is 6.99. The lowest BCUT2D eigenvalue weighted by molar-refractivity contribution is -0.133. The summed E-state index contributed by atoms with van der Waals surface area (Å²) in [6.45, 7) is 3.30. The van der Waals surface area contributed by atoms with Crippen LogP contribution in [0.3, 0.4) is 0 Å². The summed E-state index contributed by atoms with van der Waals surface area (Å²) in [5.74, 6) is -1.39. The topological polar surface area (TPSA) is 61.9 Å². The number of amides is 2. The first-order valence-corrected chi connectivity index (χ1v) is 10.9. The van der Waals surface area contributed by atoms with Crippen LogP contribution >= 0.6 is 0 Å². The first-order chi connectivity index (χ1) is 15.5. The minimum atomic E-state index is -0.385. The number of nitrogens with zero attached hydrogens (tertiary/aromatic N) is 2. The van der Waals surface area contributed by atoms with Gasteiger partial charge in [0.15, 0.2) is 0 Å². The number of carbonyl (C=O) groups is 2. The van der Waals surface area contributed by atoms with Crippen LogP contribution in [0.15, 0.2) is 42.5 Å². The van der Waals surface area contributed by atoms with Crippen molar-refractivity contribution in [2.75, 3.05) is 49.6 Å². The summed E-state index contributed by atoms with van der Waals surface area (Å²) >= 11 is 0. The molecular formula is C24H27F2N3O3. The van der Waals surface area contributed by atoms with Crippen molar-refractivity contribution in [1.29, 1.82) is 0 Å². The molecule has 2 aliphatic rings. The number of carbonyl (C=O) groups excluding carboxylic acids is 2. The van der Waals surface area contributed by atoms with Gasteiger partial charge in [0.05, 0.1) is 31.2 Å². The van der Waals surface area contributed by atoms with E-state index in [4.69, 9.17) is 4.74 Å². The third-order valence-corrected chi connectivity index (χ3v) is 5.98. The van der Waals surface area contributed by atoms with Gasteiger partial charge in [-0.1, -0.05) is 12.1 Å². The number of ether oxygens (including phenoxy) is 1. The van der Waals surface area contributed by atoms with Crippen molar-refractivity contribution in [1.82, 2.24) is 4.90 Å². The Morgan fingerprint density at radius 1 is 1.03 bits per heavy atom. The van der Waals surface area contributed by atoms with E-state index in [0.717, 1.165) is 12.0 Å². The zero-order valence-electron chi connectivity index (χ0n) is 17.9. The van der Waals surface area contributed by atoms with Crippen molar-refractivity contribution in [3.63, 3.8) is 0 Å². The quantitative estimate of drug-likeness (QED) is 0.771. The Hall–Kier alpha value is -3.00. The fourth-order valence-corrected chi connectivity index (χ4v) is 4.20. The van der Waals surface area contributed by atoms with Crippen LogP contribution in [-0.4, -0.2) is 56.1 Å². The van der Waals surface area contributed by atoms with Gasteiger partial charge in [-0.25, -0.2) is 8.78 Å². The molecule has 170 valence electrons. The van der Waals surface area contributed by atoms with Crippen molar-refractivity contribution >= 4 is 23.2 Å². The SMILES string of the molecule is O=C(Nc1ccc(N2CCOCC2)c(F)c1)C1CCCN(C(=O)Cc2ccc(F)cc2)C1. The molecule has 2 aliphatic heterocycles. The molecule has 0 spiro atoms. The maximum absolute atomic E-state index is 14.6. The molecule has 0 saturated carbocycles. The predicted octanol–water partition coefficient (Wildman–Crippen LogP) is 3.22. The molecule has 2 aromatic carbocycles. The molecule has 2 amide bonds. The van der Waals surface area contributed by atoms with E-state index in [1.165, 1.54) is 18.2 Å². The van der Waals surface area contributed by atoms with E-state index < -0.39 is 0 Å². The molecule has 2 heterocycles. The maximum Gasteiger partial charge on any atom is 0.229 e. The van der Waals surface area contributed by atoms with Gasteiger partial charge >= 0.3 is 0 Å². The van der Waals surface area contributed by atoms with Gasteiger partial charge in [-0.15, -0.1) is 0 Å². The van der Waals surface area contributed by atoms with E-state index in [9.17, 15) is 18.4 Å². The van der Waals surface area contributed by atoms with Crippen LogP contribution < -0.4 is 10.2 Å². The highest BCUT2D eigenvalue weighted by Gasteiger charge is 2.28. The summed E-state index contributed by atoms with van der Waals surface area (Å²) < 4.78 is 33.0. The fourth-order valence-electron chi connectivity index (χ4n) is 4.20. The monoisotopic (exact) mass is 443 g/mol. The Morgan fingerprint density at radius 3 is 2.50 bits per heavy atom. The van der Waals surface area contributed by atoms with Gasteiger partial charge in [0, 0.05) is 31.9 Å². The number of benzene rings is 2. The van der Waals surface area contributed by atoms with Crippen LogP contribution in [0.25, 0.3) is 0 Å². The molecule has 8 heteroatoms. The smallest absolute Gasteiger partial charge is 0.229 e. The number of hydrogen-bond donors (Lipinski definition) is 1. The highest BCUT2D eigenvalue weighted by atomic mass is 19.1. The summed E-state index contributed by atoms with van der Waals surface area (Å²) in [6.07, 6.45) is 1.56. The summed E-state index contributed by atoms with van der Waals surface area (Å²) in [5.41, 5.74) is 1.64. The second kappa shape index (κ2) is 10.1. The zero-order valence-corrected chi connectivity index (χ0v) is 17.9. The van der Waals surface area contributed by atoms with E-state index in [2.05, 4.69) is 5.32 Å². The summed E-state index contributed by atoms with van der Waals surface area (Å²) in [4.78, 5) is 29.0. The van der Waals surface area contributed by atoms with Crippen molar-refractivity contribution in [2.45, 2.75) is 19.3 Å². The van der Waals surface area contributed by atoms with Crippen molar-refractivity contribution in [3.05, 3.63) is 59.7 Å². The predicted molar refractivity (Wildman–Crippen MR) is 117 cm³/mol. The molecular weight excluding hydrogens is 416 g/mol. The molecule has 2 saturated heterocycles. The van der Waals surface area contributed by atoms with Crippen LogP contribution in [0.4, 0.5) is 20.2 Å². The number of morpholine rings is 1. The van der Waals surface area contributed by atoms with E-state index >= 15 is 0 Å². The van der Waals surface area contributed by atoms with Crippen LogP contribution in [0.2, 0.25) is 0 Å². The average Bonchev–Trinajstić information content (AvgIpc) is 2.81. The number of piperidine rings is 1. The van der Waals surface area contributed by atoms with Crippen LogP contribution in [0.1, 0.15) is 18.4 Å². The number of nitrogens with one attached hydrogen (secondary N) is 1. The van der Waals surface area contributed by atoms with E-state index in [1.807, 2.05) is 4.90 Å². The maximum atomic E-state index is 14.6. The zero-order chi connectivity index (χ0) is 22.5. The standard InChI is InChI=1S/C24H27F2N3O3/c25-19-5-3-17(4-6-19)14-23(30)29-9-1-2-18(16-29)24(31)27-20-7-8-22(21(26)15-20)28-10-12-32-13-11-28/h3-8,15,18H,1-2,9-14,16H2,(H,27,31). The number of halogens is 2. The molecule has 0 aromatic heterocycles. The van der Waals surface area contributed by atoms with Gasteiger partial charge in [0.2, 0.25) is 11.8 Å². The lowest BCUT2D eigenvalue weighted by atomic mass is 9.96. The molecule has 0 aliphatic carbocycles. The van der Waals surface area contributed by atoms with E-state index in [1.54, 1.807) is 29.2 Å². The Morgan fingerprint density at radius 2 is 1.78 bits per heavy atom. The average molecular weight is 443 g/mol. The number of rotatable bonds is 5. The minimum Gasteiger partial charge on any atom is -0.378 e. The molecule has 0 bridgehead atoms. The molecule has 1 atom stereocenters. The third kappa shape index (κ3) is 5.43. The first-order valence-electron chi connectivity index (χ1n) is 10.9. The highest BCUT2D eigenvalue weighted by molar-refractivity contribution is 5.93. The van der Waals surface area contributed by atoms with E-state index in [0.29, 0.717) is 57.2 Å². The molecule has 2 fully saturated rings. The van der Waals surface area contributed by atoms with Gasteiger partial charge in [-0.3, -0.25) is 9.59 Å². The van der Waals surface area contributed by atoms with Crippen LogP contribution in [-0.2, 0) is 20.7 Å². The van der Waals surface area contributed by atoms with Gasteiger partial charge < -0.3 is 19.9 Å². The van der Waals surface area contributed by atoms with Crippen LogP contribution in [0, 0.1) is 17.6 Å². The van der Waals surface area contributed by atoms with Crippen molar-refractivity contribution in [2.24, 2.45) is 5.92 Å². The molecule has 2 aromatic rings. The Labute approximate surface area is 186 Å². The summed E-state index contributed by atoms with van der Waals surface area (Å²) in [6, 6.07) is 10.6. The first kappa shape index (κ1) is 22.2. The number of likely N-dealkylation sites (tertiary alicyclic amines) is 1. The lowest BCUT2D eigenvalue weighted by Crippen LogP contribution is -2.44. The Balaban J connectivity index is 1.34. The normalized spacial score (nSPS) is 19.0. The van der Waals surface area contributed by atoms with Crippen molar-refractivity contribution in [3.8, 4) is 0 Å². The van der Waals surface area contributed by atoms with Gasteiger partial charge in [-0.05, 0) is 48.7 Å². The molecule has 1 unspecified atom stereocenters. The number of anilines is 2.